The second-order valence-electron chi connectivity index (χ2n) is 6.62. The first-order valence-electron chi connectivity index (χ1n) is 8.31. The van der Waals surface area contributed by atoms with Gasteiger partial charge in [0, 0.05) is 17.6 Å². The Balaban J connectivity index is 0.00000264. The molecule has 0 spiro atoms. The molecule has 1 aromatic carbocycles. The van der Waals surface area contributed by atoms with Gasteiger partial charge < -0.3 is 15.4 Å². The van der Waals surface area contributed by atoms with E-state index in [0.717, 1.165) is 43.9 Å². The molecular weight excluding hydrogens is 312 g/mol. The van der Waals surface area contributed by atoms with Crippen molar-refractivity contribution < 1.29 is 9.53 Å². The average molecular weight is 341 g/mol. The molecule has 1 fully saturated rings. The highest BCUT2D eigenvalue weighted by molar-refractivity contribution is 5.92. The molecule has 1 saturated heterocycles. The molecule has 4 nitrogen and oxygen atoms in total. The molecule has 130 valence electrons. The van der Waals surface area contributed by atoms with Gasteiger partial charge >= 0.3 is 0 Å². The Hall–Kier alpha value is -1.26. The number of hydrogen-bond donors (Lipinski definition) is 2. The summed E-state index contributed by atoms with van der Waals surface area (Å²) in [5, 5.41) is 6.38. The lowest BCUT2D eigenvalue weighted by molar-refractivity contribution is -0.120. The van der Waals surface area contributed by atoms with Crippen LogP contribution in [0.1, 0.15) is 40.0 Å². The van der Waals surface area contributed by atoms with Crippen molar-refractivity contribution in [3.63, 3.8) is 0 Å². The number of halogens is 1. The summed E-state index contributed by atoms with van der Waals surface area (Å²) in [6.07, 6.45) is 2.86. The summed E-state index contributed by atoms with van der Waals surface area (Å²) in [7, 11) is 0. The van der Waals surface area contributed by atoms with E-state index in [-0.39, 0.29) is 24.2 Å². The monoisotopic (exact) mass is 340 g/mol. The van der Waals surface area contributed by atoms with E-state index in [1.807, 2.05) is 24.3 Å². The standard InChI is InChI=1S/C18H28N2O2.ClH/c1-13(2)9-11-22-17-6-4-16(5-7-17)20-18(21)15-8-10-19-14(3)12-15;/h4-7,13-15,19H,8-12H2,1-3H3,(H,20,21);1H/t14-,15-;/m0./s1. The number of carbonyl (C=O) groups excluding carboxylic acids is 1. The van der Waals surface area contributed by atoms with Gasteiger partial charge in [-0.2, -0.15) is 0 Å². The minimum atomic E-state index is 0. The van der Waals surface area contributed by atoms with Gasteiger partial charge in [0.05, 0.1) is 6.61 Å². The molecule has 0 unspecified atom stereocenters. The van der Waals surface area contributed by atoms with Gasteiger partial charge in [-0.05, 0) is 62.9 Å². The third-order valence-corrected chi connectivity index (χ3v) is 4.08. The maximum absolute atomic E-state index is 12.3. The summed E-state index contributed by atoms with van der Waals surface area (Å²) in [6.45, 7) is 8.15. The first-order chi connectivity index (χ1) is 10.5. The van der Waals surface area contributed by atoms with Crippen LogP contribution in [0.2, 0.25) is 0 Å². The van der Waals surface area contributed by atoms with Crippen molar-refractivity contribution in [2.24, 2.45) is 11.8 Å². The molecule has 0 radical (unpaired) electrons. The van der Waals surface area contributed by atoms with E-state index in [1.54, 1.807) is 0 Å². The lowest BCUT2D eigenvalue weighted by atomic mass is 9.92. The third-order valence-electron chi connectivity index (χ3n) is 4.08. The van der Waals surface area contributed by atoms with Crippen LogP contribution < -0.4 is 15.4 Å². The van der Waals surface area contributed by atoms with E-state index in [4.69, 9.17) is 4.74 Å². The zero-order valence-corrected chi connectivity index (χ0v) is 15.1. The number of nitrogens with one attached hydrogen (secondary N) is 2. The van der Waals surface area contributed by atoms with Gasteiger partial charge in [0.15, 0.2) is 0 Å². The molecule has 5 heteroatoms. The molecule has 2 rings (SSSR count). The van der Waals surface area contributed by atoms with Crippen LogP contribution in [0.3, 0.4) is 0 Å². The van der Waals surface area contributed by atoms with Gasteiger partial charge in [-0.25, -0.2) is 0 Å². The fourth-order valence-electron chi connectivity index (χ4n) is 2.66. The maximum Gasteiger partial charge on any atom is 0.227 e. The van der Waals surface area contributed by atoms with Gasteiger partial charge in [-0.1, -0.05) is 13.8 Å². The number of benzene rings is 1. The second kappa shape index (κ2) is 9.78. The van der Waals surface area contributed by atoms with Crippen LogP contribution in [0.5, 0.6) is 5.75 Å². The fraction of sp³-hybridized carbons (Fsp3) is 0.611. The molecule has 2 N–H and O–H groups in total. The molecule has 1 aliphatic heterocycles. The largest absolute Gasteiger partial charge is 0.494 e. The third kappa shape index (κ3) is 6.80. The first-order valence-corrected chi connectivity index (χ1v) is 8.31. The predicted molar refractivity (Wildman–Crippen MR) is 97.5 cm³/mol. The van der Waals surface area contributed by atoms with Crippen molar-refractivity contribution in [1.29, 1.82) is 0 Å². The smallest absolute Gasteiger partial charge is 0.227 e. The van der Waals surface area contributed by atoms with Crippen LogP contribution in [-0.2, 0) is 4.79 Å². The molecule has 23 heavy (non-hydrogen) atoms. The summed E-state index contributed by atoms with van der Waals surface area (Å²) >= 11 is 0. The van der Waals surface area contributed by atoms with Crippen molar-refractivity contribution >= 4 is 24.0 Å². The van der Waals surface area contributed by atoms with E-state index in [9.17, 15) is 4.79 Å². The lowest BCUT2D eigenvalue weighted by Crippen LogP contribution is -2.40. The normalized spacial score (nSPS) is 20.7. The molecule has 1 amide bonds. The topological polar surface area (TPSA) is 50.4 Å². The van der Waals surface area contributed by atoms with Gasteiger partial charge in [0.2, 0.25) is 5.91 Å². The molecule has 0 aliphatic carbocycles. The Labute approximate surface area is 145 Å². The number of rotatable bonds is 6. The molecule has 1 aliphatic rings. The van der Waals surface area contributed by atoms with Crippen LogP contribution >= 0.6 is 12.4 Å². The molecule has 1 aromatic rings. The number of amides is 1. The minimum Gasteiger partial charge on any atom is -0.494 e. The number of hydrogen-bond acceptors (Lipinski definition) is 3. The van der Waals surface area contributed by atoms with Crippen LogP contribution in [0.15, 0.2) is 24.3 Å². The van der Waals surface area contributed by atoms with E-state index >= 15 is 0 Å². The van der Waals surface area contributed by atoms with Crippen molar-refractivity contribution in [1.82, 2.24) is 5.32 Å². The van der Waals surface area contributed by atoms with E-state index in [2.05, 4.69) is 31.4 Å². The Morgan fingerprint density at radius 2 is 2.04 bits per heavy atom. The number of ether oxygens (including phenoxy) is 1. The van der Waals surface area contributed by atoms with Crippen LogP contribution in [-0.4, -0.2) is 25.1 Å². The Morgan fingerprint density at radius 1 is 1.35 bits per heavy atom. The van der Waals surface area contributed by atoms with E-state index in [1.165, 1.54) is 0 Å². The fourth-order valence-corrected chi connectivity index (χ4v) is 2.66. The molecular formula is C18H29ClN2O2. The molecule has 1 heterocycles. The summed E-state index contributed by atoms with van der Waals surface area (Å²) in [5.41, 5.74) is 0.840. The quantitative estimate of drug-likeness (QED) is 0.826. The molecule has 0 aromatic heterocycles. The average Bonchev–Trinajstić information content (AvgIpc) is 2.48. The minimum absolute atomic E-state index is 0. The van der Waals surface area contributed by atoms with Gasteiger partial charge in [-0.15, -0.1) is 12.4 Å². The Morgan fingerprint density at radius 3 is 2.65 bits per heavy atom. The summed E-state index contributed by atoms with van der Waals surface area (Å²) < 4.78 is 5.69. The number of anilines is 1. The predicted octanol–water partition coefficient (Wildman–Crippen LogP) is 3.86. The van der Waals surface area contributed by atoms with Crippen molar-refractivity contribution in [2.75, 3.05) is 18.5 Å². The lowest BCUT2D eigenvalue weighted by Gasteiger charge is -2.27. The molecule has 2 atom stereocenters. The highest BCUT2D eigenvalue weighted by atomic mass is 35.5. The highest BCUT2D eigenvalue weighted by Crippen LogP contribution is 2.20. The second-order valence-corrected chi connectivity index (χ2v) is 6.62. The summed E-state index contributed by atoms with van der Waals surface area (Å²) in [5.74, 6) is 1.74. The Kier molecular flexibility index (Phi) is 8.42. The van der Waals surface area contributed by atoms with E-state index < -0.39 is 0 Å². The molecule has 0 saturated carbocycles. The first kappa shape index (κ1) is 19.8. The van der Waals surface area contributed by atoms with Gasteiger partial charge in [0.25, 0.3) is 0 Å². The van der Waals surface area contributed by atoms with Gasteiger partial charge in [-0.3, -0.25) is 4.79 Å². The summed E-state index contributed by atoms with van der Waals surface area (Å²) in [4.78, 5) is 12.3. The molecule has 0 bridgehead atoms. The number of carbonyl (C=O) groups is 1. The zero-order valence-electron chi connectivity index (χ0n) is 14.3. The maximum atomic E-state index is 12.3. The Bertz CT molecular complexity index is 476. The number of piperidine rings is 1. The van der Waals surface area contributed by atoms with Crippen LogP contribution in [0, 0.1) is 11.8 Å². The SMILES string of the molecule is CC(C)CCOc1ccc(NC(=O)[C@H]2CCN[C@@H](C)C2)cc1.Cl. The summed E-state index contributed by atoms with van der Waals surface area (Å²) in [6, 6.07) is 8.07. The van der Waals surface area contributed by atoms with Crippen LogP contribution in [0.25, 0.3) is 0 Å². The van der Waals surface area contributed by atoms with Gasteiger partial charge in [0.1, 0.15) is 5.75 Å². The van der Waals surface area contributed by atoms with Crippen molar-refractivity contribution in [3.05, 3.63) is 24.3 Å². The highest BCUT2D eigenvalue weighted by Gasteiger charge is 2.24. The van der Waals surface area contributed by atoms with Crippen LogP contribution in [0.4, 0.5) is 5.69 Å². The van der Waals surface area contributed by atoms with E-state index in [0.29, 0.717) is 12.0 Å². The van der Waals surface area contributed by atoms with Crippen molar-refractivity contribution in [2.45, 2.75) is 46.1 Å². The van der Waals surface area contributed by atoms with Crippen molar-refractivity contribution in [3.8, 4) is 5.75 Å². The zero-order chi connectivity index (χ0) is 15.9.